The average Bonchev–Trinajstić information content (AvgIpc) is 2.40. The molecule has 0 aliphatic heterocycles. The van der Waals surface area contributed by atoms with E-state index in [1.807, 2.05) is 0 Å². The Morgan fingerprint density at radius 1 is 1.25 bits per heavy atom. The summed E-state index contributed by atoms with van der Waals surface area (Å²) in [5.41, 5.74) is -1.48. The van der Waals surface area contributed by atoms with Gasteiger partial charge in [-0.2, -0.15) is 0 Å². The number of rotatable bonds is 6. The van der Waals surface area contributed by atoms with Crippen LogP contribution in [0.25, 0.3) is 0 Å². The van der Waals surface area contributed by atoms with Gasteiger partial charge in [0.1, 0.15) is 11.6 Å². The van der Waals surface area contributed by atoms with Gasteiger partial charge < -0.3 is 10.4 Å². The van der Waals surface area contributed by atoms with Crippen molar-refractivity contribution in [3.05, 3.63) is 29.8 Å². The molecule has 110 valence electrons. The van der Waals surface area contributed by atoms with E-state index in [4.69, 9.17) is 0 Å². The highest BCUT2D eigenvalue weighted by molar-refractivity contribution is 5.94. The van der Waals surface area contributed by atoms with Crippen LogP contribution in [0.5, 0.6) is 0 Å². The summed E-state index contributed by atoms with van der Waals surface area (Å²) in [5.74, 6) is -3.18. The van der Waals surface area contributed by atoms with Gasteiger partial charge >= 0.3 is 5.97 Å². The second-order valence-electron chi connectivity index (χ2n) is 4.64. The standard InChI is InChI=1S/C14H17F2NO3/c1-3-14(4-2,13(19)20)8-12(18)17-11-7-9(15)5-6-10(11)16/h5-7H,3-4,8H2,1-2H3,(H,17,18)(H,19,20). The van der Waals surface area contributed by atoms with Gasteiger partial charge in [-0.3, -0.25) is 9.59 Å². The van der Waals surface area contributed by atoms with Gasteiger partial charge in [0.15, 0.2) is 0 Å². The summed E-state index contributed by atoms with van der Waals surface area (Å²) in [6, 6.07) is 2.69. The van der Waals surface area contributed by atoms with Crippen LogP contribution >= 0.6 is 0 Å². The number of hydrogen-bond donors (Lipinski definition) is 2. The average molecular weight is 285 g/mol. The third-order valence-corrected chi connectivity index (χ3v) is 3.51. The predicted molar refractivity (Wildman–Crippen MR) is 70.3 cm³/mol. The lowest BCUT2D eigenvalue weighted by molar-refractivity contribution is -0.151. The first-order valence-electron chi connectivity index (χ1n) is 6.33. The molecule has 0 aliphatic rings. The molecule has 0 radical (unpaired) electrons. The predicted octanol–water partition coefficient (Wildman–Crippen LogP) is 3.18. The Morgan fingerprint density at radius 2 is 1.85 bits per heavy atom. The molecular weight excluding hydrogens is 268 g/mol. The van der Waals surface area contributed by atoms with Crippen molar-refractivity contribution >= 4 is 17.6 Å². The monoisotopic (exact) mass is 285 g/mol. The SMILES string of the molecule is CCC(CC)(CC(=O)Nc1cc(F)ccc1F)C(=O)O. The molecule has 1 aromatic rings. The molecule has 2 N–H and O–H groups in total. The van der Waals surface area contributed by atoms with Crippen molar-refractivity contribution < 1.29 is 23.5 Å². The third kappa shape index (κ3) is 3.53. The van der Waals surface area contributed by atoms with Gasteiger partial charge in [-0.1, -0.05) is 13.8 Å². The second-order valence-corrected chi connectivity index (χ2v) is 4.64. The normalized spacial score (nSPS) is 11.2. The van der Waals surface area contributed by atoms with Crippen molar-refractivity contribution in [1.29, 1.82) is 0 Å². The Morgan fingerprint density at radius 3 is 2.35 bits per heavy atom. The van der Waals surface area contributed by atoms with Crippen LogP contribution in [0, 0.1) is 17.0 Å². The maximum atomic E-state index is 13.4. The highest BCUT2D eigenvalue weighted by Crippen LogP contribution is 2.31. The van der Waals surface area contributed by atoms with Crippen molar-refractivity contribution in [3.8, 4) is 0 Å². The molecule has 1 amide bonds. The Bertz CT molecular complexity index is 513. The fourth-order valence-corrected chi connectivity index (χ4v) is 1.97. The summed E-state index contributed by atoms with van der Waals surface area (Å²) in [7, 11) is 0. The van der Waals surface area contributed by atoms with Crippen LogP contribution in [0.2, 0.25) is 0 Å². The van der Waals surface area contributed by atoms with E-state index in [-0.39, 0.29) is 24.9 Å². The lowest BCUT2D eigenvalue weighted by atomic mass is 9.79. The topological polar surface area (TPSA) is 66.4 Å². The van der Waals surface area contributed by atoms with Crippen molar-refractivity contribution in [1.82, 2.24) is 0 Å². The zero-order chi connectivity index (χ0) is 15.3. The van der Waals surface area contributed by atoms with Crippen molar-refractivity contribution in [2.75, 3.05) is 5.32 Å². The largest absolute Gasteiger partial charge is 0.481 e. The number of carbonyl (C=O) groups is 2. The van der Waals surface area contributed by atoms with Crippen LogP contribution in [0.3, 0.4) is 0 Å². The van der Waals surface area contributed by atoms with Crippen LogP contribution in [0.15, 0.2) is 18.2 Å². The molecule has 6 heteroatoms. The minimum atomic E-state index is -1.19. The molecule has 0 atom stereocenters. The molecule has 0 bridgehead atoms. The molecule has 1 rings (SSSR count). The lowest BCUT2D eigenvalue weighted by Gasteiger charge is -2.25. The van der Waals surface area contributed by atoms with E-state index in [0.29, 0.717) is 0 Å². The molecule has 0 saturated heterocycles. The third-order valence-electron chi connectivity index (χ3n) is 3.51. The number of benzene rings is 1. The van der Waals surface area contributed by atoms with Crippen LogP contribution < -0.4 is 5.32 Å². The lowest BCUT2D eigenvalue weighted by Crippen LogP contribution is -2.34. The molecule has 0 fully saturated rings. The summed E-state index contributed by atoms with van der Waals surface area (Å²) in [4.78, 5) is 23.1. The van der Waals surface area contributed by atoms with Gasteiger partial charge in [-0.15, -0.1) is 0 Å². The first kappa shape index (κ1) is 16.1. The van der Waals surface area contributed by atoms with Gasteiger partial charge in [0.25, 0.3) is 0 Å². The van der Waals surface area contributed by atoms with Crippen molar-refractivity contribution in [2.45, 2.75) is 33.1 Å². The number of carbonyl (C=O) groups excluding carboxylic acids is 1. The summed E-state index contributed by atoms with van der Waals surface area (Å²) < 4.78 is 26.4. The first-order chi connectivity index (χ1) is 9.34. The van der Waals surface area contributed by atoms with Gasteiger partial charge in [0.2, 0.25) is 5.91 Å². The highest BCUT2D eigenvalue weighted by atomic mass is 19.1. The zero-order valence-corrected chi connectivity index (χ0v) is 11.4. The van der Waals surface area contributed by atoms with Gasteiger partial charge in [0.05, 0.1) is 11.1 Å². The van der Waals surface area contributed by atoms with Gasteiger partial charge in [-0.25, -0.2) is 8.78 Å². The maximum Gasteiger partial charge on any atom is 0.310 e. The number of aliphatic carboxylic acids is 1. The number of carboxylic acids is 1. The quantitative estimate of drug-likeness (QED) is 0.843. The summed E-state index contributed by atoms with van der Waals surface area (Å²) in [5, 5.41) is 11.4. The smallest absolute Gasteiger partial charge is 0.310 e. The zero-order valence-electron chi connectivity index (χ0n) is 11.4. The number of amides is 1. The summed E-state index contributed by atoms with van der Waals surface area (Å²) in [6.07, 6.45) is 0.265. The van der Waals surface area contributed by atoms with Crippen LogP contribution in [0.1, 0.15) is 33.1 Å². The second kappa shape index (κ2) is 6.45. The summed E-state index contributed by atoms with van der Waals surface area (Å²) >= 11 is 0. The summed E-state index contributed by atoms with van der Waals surface area (Å²) in [6.45, 7) is 3.35. The molecule has 0 unspecified atom stereocenters. The number of anilines is 1. The van der Waals surface area contributed by atoms with E-state index in [1.165, 1.54) is 0 Å². The van der Waals surface area contributed by atoms with Crippen LogP contribution in [-0.4, -0.2) is 17.0 Å². The van der Waals surface area contributed by atoms with E-state index >= 15 is 0 Å². The number of halogens is 2. The minimum absolute atomic E-state index is 0.276. The molecule has 1 aromatic carbocycles. The Kier molecular flexibility index (Phi) is 5.19. The molecule has 20 heavy (non-hydrogen) atoms. The molecule has 0 spiro atoms. The van der Waals surface area contributed by atoms with E-state index < -0.39 is 28.9 Å². The Labute approximate surface area is 115 Å². The Balaban J connectivity index is 2.86. The maximum absolute atomic E-state index is 13.4. The highest BCUT2D eigenvalue weighted by Gasteiger charge is 2.37. The van der Waals surface area contributed by atoms with E-state index in [2.05, 4.69) is 5.32 Å². The first-order valence-corrected chi connectivity index (χ1v) is 6.33. The number of hydrogen-bond acceptors (Lipinski definition) is 2. The van der Waals surface area contributed by atoms with Crippen LogP contribution in [0.4, 0.5) is 14.5 Å². The number of carboxylic acid groups (broad SMARTS) is 1. The molecule has 0 heterocycles. The molecular formula is C14H17F2NO3. The molecule has 4 nitrogen and oxygen atoms in total. The van der Waals surface area contributed by atoms with E-state index in [1.54, 1.807) is 13.8 Å². The minimum Gasteiger partial charge on any atom is -0.481 e. The van der Waals surface area contributed by atoms with Crippen molar-refractivity contribution in [2.24, 2.45) is 5.41 Å². The van der Waals surface area contributed by atoms with Gasteiger partial charge in [-0.05, 0) is 25.0 Å². The molecule has 0 saturated carbocycles. The van der Waals surface area contributed by atoms with Crippen molar-refractivity contribution in [3.63, 3.8) is 0 Å². The van der Waals surface area contributed by atoms with E-state index in [0.717, 1.165) is 18.2 Å². The fraction of sp³-hybridized carbons (Fsp3) is 0.429. The van der Waals surface area contributed by atoms with E-state index in [9.17, 15) is 23.5 Å². The fourth-order valence-electron chi connectivity index (χ4n) is 1.97. The molecule has 0 aliphatic carbocycles. The number of nitrogens with one attached hydrogen (secondary N) is 1. The molecule has 0 aromatic heterocycles. The van der Waals surface area contributed by atoms with Gasteiger partial charge in [0, 0.05) is 12.5 Å². The van der Waals surface area contributed by atoms with Crippen LogP contribution in [-0.2, 0) is 9.59 Å². The Hall–Kier alpha value is -1.98.